The Morgan fingerprint density at radius 2 is 1.59 bits per heavy atom. The van der Waals surface area contributed by atoms with Crippen LogP contribution in [0.2, 0.25) is 5.02 Å². The fourth-order valence-electron chi connectivity index (χ4n) is 2.93. The molecule has 27 heavy (non-hydrogen) atoms. The van der Waals surface area contributed by atoms with Gasteiger partial charge in [-0.3, -0.25) is 4.79 Å². The van der Waals surface area contributed by atoms with Crippen molar-refractivity contribution in [2.24, 2.45) is 0 Å². The normalized spacial score (nSPS) is 15.2. The number of piperazine rings is 1. The van der Waals surface area contributed by atoms with Crippen LogP contribution in [0.3, 0.4) is 0 Å². The summed E-state index contributed by atoms with van der Waals surface area (Å²) in [7, 11) is 0. The molecular formula is C20H23ClN4O2. The standard InChI is InChI=1S/C20H23ClN4O2/c1-15(19(26)23-17-9-7-16(21)8-10-17)22-20(27)25-13-11-24(12-14-25)18-5-3-2-4-6-18/h2-10,15H,11-14H2,1H3,(H,22,27)(H,23,26). The smallest absolute Gasteiger partial charge is 0.318 e. The summed E-state index contributed by atoms with van der Waals surface area (Å²) >= 11 is 5.84. The van der Waals surface area contributed by atoms with Gasteiger partial charge in [-0.25, -0.2) is 4.79 Å². The number of nitrogens with one attached hydrogen (secondary N) is 2. The highest BCUT2D eigenvalue weighted by atomic mass is 35.5. The van der Waals surface area contributed by atoms with E-state index in [-0.39, 0.29) is 11.9 Å². The second-order valence-corrected chi connectivity index (χ2v) is 6.91. The van der Waals surface area contributed by atoms with Crippen LogP contribution in [0.1, 0.15) is 6.92 Å². The van der Waals surface area contributed by atoms with Crippen molar-refractivity contribution in [3.8, 4) is 0 Å². The summed E-state index contributed by atoms with van der Waals surface area (Å²) in [5, 5.41) is 6.13. The molecule has 7 heteroatoms. The summed E-state index contributed by atoms with van der Waals surface area (Å²) in [5.74, 6) is -0.270. The number of carbonyl (C=O) groups excluding carboxylic acids is 2. The molecule has 1 atom stereocenters. The molecule has 1 aliphatic heterocycles. The van der Waals surface area contributed by atoms with Gasteiger partial charge in [-0.2, -0.15) is 0 Å². The molecule has 2 aromatic carbocycles. The second-order valence-electron chi connectivity index (χ2n) is 6.48. The van der Waals surface area contributed by atoms with Crippen molar-refractivity contribution < 1.29 is 9.59 Å². The fourth-order valence-corrected chi connectivity index (χ4v) is 3.06. The van der Waals surface area contributed by atoms with E-state index in [2.05, 4.69) is 27.7 Å². The van der Waals surface area contributed by atoms with Crippen molar-refractivity contribution in [2.45, 2.75) is 13.0 Å². The maximum absolute atomic E-state index is 12.5. The maximum atomic E-state index is 12.5. The van der Waals surface area contributed by atoms with E-state index in [1.165, 1.54) is 0 Å². The first-order valence-electron chi connectivity index (χ1n) is 8.95. The Labute approximate surface area is 164 Å². The van der Waals surface area contributed by atoms with Gasteiger partial charge in [0, 0.05) is 42.6 Å². The summed E-state index contributed by atoms with van der Waals surface area (Å²) in [4.78, 5) is 28.7. The minimum atomic E-state index is -0.639. The zero-order valence-electron chi connectivity index (χ0n) is 15.2. The van der Waals surface area contributed by atoms with Crippen molar-refractivity contribution in [2.75, 3.05) is 36.4 Å². The third-order valence-electron chi connectivity index (χ3n) is 4.53. The number of para-hydroxylation sites is 1. The molecule has 0 bridgehead atoms. The Morgan fingerprint density at radius 1 is 0.963 bits per heavy atom. The average Bonchev–Trinajstić information content (AvgIpc) is 2.70. The zero-order chi connectivity index (χ0) is 19.2. The first-order valence-corrected chi connectivity index (χ1v) is 9.32. The molecule has 0 saturated carbocycles. The molecule has 2 aromatic rings. The molecule has 3 rings (SSSR count). The molecule has 1 aliphatic rings. The van der Waals surface area contributed by atoms with E-state index in [1.54, 1.807) is 36.1 Å². The minimum absolute atomic E-state index is 0.221. The Kier molecular flexibility index (Phi) is 6.19. The van der Waals surface area contributed by atoms with E-state index in [0.29, 0.717) is 23.8 Å². The summed E-state index contributed by atoms with van der Waals surface area (Å²) < 4.78 is 0. The van der Waals surface area contributed by atoms with Crippen LogP contribution in [-0.2, 0) is 4.79 Å². The van der Waals surface area contributed by atoms with Crippen molar-refractivity contribution in [1.82, 2.24) is 10.2 Å². The number of urea groups is 1. The van der Waals surface area contributed by atoms with Gasteiger partial charge < -0.3 is 20.4 Å². The molecule has 1 fully saturated rings. The summed E-state index contributed by atoms with van der Waals surface area (Å²) in [5.41, 5.74) is 1.80. The van der Waals surface area contributed by atoms with E-state index >= 15 is 0 Å². The molecule has 1 unspecified atom stereocenters. The number of nitrogens with zero attached hydrogens (tertiary/aromatic N) is 2. The molecule has 2 N–H and O–H groups in total. The number of halogens is 1. The predicted molar refractivity (Wildman–Crippen MR) is 108 cm³/mol. The number of rotatable bonds is 4. The molecule has 1 heterocycles. The maximum Gasteiger partial charge on any atom is 0.318 e. The Bertz CT molecular complexity index is 774. The van der Waals surface area contributed by atoms with E-state index in [0.717, 1.165) is 18.8 Å². The van der Waals surface area contributed by atoms with E-state index in [1.807, 2.05) is 18.2 Å². The van der Waals surface area contributed by atoms with E-state index < -0.39 is 6.04 Å². The number of amides is 3. The lowest BCUT2D eigenvalue weighted by Gasteiger charge is -2.36. The Hall–Kier alpha value is -2.73. The lowest BCUT2D eigenvalue weighted by Crippen LogP contribution is -2.54. The molecule has 3 amide bonds. The van der Waals surface area contributed by atoms with Crippen molar-refractivity contribution in [1.29, 1.82) is 0 Å². The van der Waals surface area contributed by atoms with Gasteiger partial charge in [-0.1, -0.05) is 29.8 Å². The van der Waals surface area contributed by atoms with Crippen LogP contribution >= 0.6 is 11.6 Å². The number of anilines is 2. The van der Waals surface area contributed by atoms with Crippen LogP contribution in [0.4, 0.5) is 16.2 Å². The minimum Gasteiger partial charge on any atom is -0.368 e. The third kappa shape index (κ3) is 5.14. The van der Waals surface area contributed by atoms with Crippen LogP contribution in [0.25, 0.3) is 0 Å². The van der Waals surface area contributed by atoms with Crippen molar-refractivity contribution in [3.05, 3.63) is 59.6 Å². The molecule has 0 aromatic heterocycles. The topological polar surface area (TPSA) is 64.7 Å². The highest BCUT2D eigenvalue weighted by molar-refractivity contribution is 6.30. The van der Waals surface area contributed by atoms with Crippen LogP contribution < -0.4 is 15.5 Å². The molecule has 0 spiro atoms. The van der Waals surface area contributed by atoms with Gasteiger partial charge >= 0.3 is 6.03 Å². The highest BCUT2D eigenvalue weighted by Crippen LogP contribution is 2.16. The Morgan fingerprint density at radius 3 is 2.22 bits per heavy atom. The first-order chi connectivity index (χ1) is 13.0. The SMILES string of the molecule is CC(NC(=O)N1CCN(c2ccccc2)CC1)C(=O)Nc1ccc(Cl)cc1. The summed E-state index contributed by atoms with van der Waals surface area (Å²) in [6.45, 7) is 4.44. The van der Waals surface area contributed by atoms with Crippen LogP contribution in [0.5, 0.6) is 0 Å². The van der Waals surface area contributed by atoms with Gasteiger partial charge in [0.15, 0.2) is 0 Å². The number of benzene rings is 2. The molecule has 6 nitrogen and oxygen atoms in total. The Balaban J connectivity index is 1.47. The highest BCUT2D eigenvalue weighted by Gasteiger charge is 2.24. The van der Waals surface area contributed by atoms with Crippen LogP contribution in [-0.4, -0.2) is 49.1 Å². The van der Waals surface area contributed by atoms with Crippen LogP contribution in [0, 0.1) is 0 Å². The number of hydrogen-bond acceptors (Lipinski definition) is 3. The van der Waals surface area contributed by atoms with Gasteiger partial charge in [-0.05, 0) is 43.3 Å². The summed E-state index contributed by atoms with van der Waals surface area (Å²) in [6, 6.07) is 16.1. The van der Waals surface area contributed by atoms with Crippen molar-refractivity contribution >= 4 is 34.9 Å². The number of hydrogen-bond donors (Lipinski definition) is 2. The van der Waals surface area contributed by atoms with Gasteiger partial charge in [0.25, 0.3) is 0 Å². The van der Waals surface area contributed by atoms with Gasteiger partial charge in [0.1, 0.15) is 6.04 Å². The van der Waals surface area contributed by atoms with Crippen LogP contribution in [0.15, 0.2) is 54.6 Å². The van der Waals surface area contributed by atoms with Gasteiger partial charge in [0.05, 0.1) is 0 Å². The van der Waals surface area contributed by atoms with Gasteiger partial charge in [0.2, 0.25) is 5.91 Å². The van der Waals surface area contributed by atoms with Gasteiger partial charge in [-0.15, -0.1) is 0 Å². The average molecular weight is 387 g/mol. The first kappa shape index (κ1) is 19.0. The molecule has 0 radical (unpaired) electrons. The van der Waals surface area contributed by atoms with Crippen molar-refractivity contribution in [3.63, 3.8) is 0 Å². The molecule has 0 aliphatic carbocycles. The van der Waals surface area contributed by atoms with E-state index in [4.69, 9.17) is 11.6 Å². The number of carbonyl (C=O) groups is 2. The predicted octanol–water partition coefficient (Wildman–Crippen LogP) is 3.20. The largest absolute Gasteiger partial charge is 0.368 e. The quantitative estimate of drug-likeness (QED) is 0.848. The third-order valence-corrected chi connectivity index (χ3v) is 4.79. The molecular weight excluding hydrogens is 364 g/mol. The monoisotopic (exact) mass is 386 g/mol. The van der Waals surface area contributed by atoms with E-state index in [9.17, 15) is 9.59 Å². The second kappa shape index (κ2) is 8.77. The lowest BCUT2D eigenvalue weighted by molar-refractivity contribution is -0.117. The zero-order valence-corrected chi connectivity index (χ0v) is 15.9. The molecule has 142 valence electrons. The fraction of sp³-hybridized carbons (Fsp3) is 0.300. The molecule has 1 saturated heterocycles. The lowest BCUT2D eigenvalue weighted by atomic mass is 10.2. The summed E-state index contributed by atoms with van der Waals surface area (Å²) in [6.07, 6.45) is 0.